The maximum Gasteiger partial charge on any atom is 0.0707 e. The van der Waals surface area contributed by atoms with Gasteiger partial charge >= 0.3 is 0 Å². The molecule has 0 aliphatic rings. The number of rotatable bonds is 10. The van der Waals surface area contributed by atoms with Crippen LogP contribution >= 0.6 is 0 Å². The van der Waals surface area contributed by atoms with Gasteiger partial charge in [0.05, 0.1) is 12.8 Å². The summed E-state index contributed by atoms with van der Waals surface area (Å²) >= 11 is 0. The zero-order valence-electron chi connectivity index (χ0n) is 9.58. The van der Waals surface area contributed by atoms with Crippen molar-refractivity contribution in [2.45, 2.75) is 6.17 Å². The number of nitrogens with zero attached hydrogens (tertiary/aromatic N) is 1. The van der Waals surface area contributed by atoms with Crippen molar-refractivity contribution in [3.05, 3.63) is 25.3 Å². The van der Waals surface area contributed by atoms with Crippen molar-refractivity contribution >= 4 is 0 Å². The number of nitrogens with one attached hydrogen (secondary N) is 2. The van der Waals surface area contributed by atoms with Gasteiger partial charge in [-0.1, -0.05) is 12.2 Å². The molecule has 4 heteroatoms. The second kappa shape index (κ2) is 9.86. The molecule has 0 aliphatic carbocycles. The Kier molecular flexibility index (Phi) is 9.41. The lowest BCUT2D eigenvalue weighted by Crippen LogP contribution is -2.49. The lowest BCUT2D eigenvalue weighted by atomic mass is 10.4. The maximum absolute atomic E-state index is 8.79. The van der Waals surface area contributed by atoms with Crippen LogP contribution in [0, 0.1) is 0 Å². The zero-order valence-corrected chi connectivity index (χ0v) is 9.58. The number of aliphatic hydroxyl groups is 1. The highest BCUT2D eigenvalue weighted by molar-refractivity contribution is 4.79. The van der Waals surface area contributed by atoms with Crippen LogP contribution in [0.25, 0.3) is 0 Å². The van der Waals surface area contributed by atoms with E-state index in [4.69, 9.17) is 5.11 Å². The molecule has 0 bridgehead atoms. The summed E-state index contributed by atoms with van der Waals surface area (Å²) in [7, 11) is 1.98. The lowest BCUT2D eigenvalue weighted by Gasteiger charge is -2.24. The van der Waals surface area contributed by atoms with Gasteiger partial charge in [-0.05, 0) is 7.05 Å². The van der Waals surface area contributed by atoms with Crippen molar-refractivity contribution in [2.24, 2.45) is 0 Å². The first kappa shape index (κ1) is 14.3. The van der Waals surface area contributed by atoms with Gasteiger partial charge in [0.15, 0.2) is 0 Å². The molecule has 0 radical (unpaired) electrons. The van der Waals surface area contributed by atoms with E-state index in [2.05, 4.69) is 28.7 Å². The molecule has 0 saturated heterocycles. The van der Waals surface area contributed by atoms with Crippen LogP contribution in [-0.4, -0.2) is 56.0 Å². The molecule has 0 spiro atoms. The Balaban J connectivity index is 3.86. The highest BCUT2D eigenvalue weighted by atomic mass is 16.3. The number of hydrogen-bond acceptors (Lipinski definition) is 4. The van der Waals surface area contributed by atoms with Gasteiger partial charge in [0.2, 0.25) is 0 Å². The van der Waals surface area contributed by atoms with Gasteiger partial charge < -0.3 is 10.0 Å². The summed E-state index contributed by atoms with van der Waals surface area (Å²) in [6.45, 7) is 10.6. The molecule has 0 aromatic heterocycles. The van der Waals surface area contributed by atoms with Crippen molar-refractivity contribution < 1.29 is 5.11 Å². The minimum absolute atomic E-state index is 0.187. The van der Waals surface area contributed by atoms with Gasteiger partial charge in [0.25, 0.3) is 0 Å². The molecule has 0 fully saturated rings. The van der Waals surface area contributed by atoms with Crippen LogP contribution in [0.3, 0.4) is 0 Å². The monoisotopic (exact) mass is 213 g/mol. The van der Waals surface area contributed by atoms with Gasteiger partial charge in [-0.25, -0.2) is 0 Å². The summed E-state index contributed by atoms with van der Waals surface area (Å²) < 4.78 is 0. The molecule has 0 aliphatic heterocycles. The van der Waals surface area contributed by atoms with Crippen molar-refractivity contribution in [3.8, 4) is 0 Å². The van der Waals surface area contributed by atoms with E-state index in [9.17, 15) is 0 Å². The molecule has 0 aromatic carbocycles. The molecule has 0 amide bonds. The summed E-state index contributed by atoms with van der Waals surface area (Å²) in [6.07, 6.45) is 3.85. The molecule has 0 aromatic rings. The quantitative estimate of drug-likeness (QED) is 0.347. The van der Waals surface area contributed by atoms with E-state index in [0.29, 0.717) is 6.54 Å². The Morgan fingerprint density at radius 2 is 1.80 bits per heavy atom. The molecule has 88 valence electrons. The average molecular weight is 213 g/mol. The summed E-state index contributed by atoms with van der Waals surface area (Å²) in [6, 6.07) is 0. The van der Waals surface area contributed by atoms with Crippen LogP contribution in [0.15, 0.2) is 25.3 Å². The van der Waals surface area contributed by atoms with Crippen molar-refractivity contribution in [3.63, 3.8) is 0 Å². The van der Waals surface area contributed by atoms with Gasteiger partial charge in [-0.15, -0.1) is 13.2 Å². The van der Waals surface area contributed by atoms with E-state index < -0.39 is 0 Å². The standard InChI is InChI=1S/C11H23N3O/c1-4-6-12-11(13-7-5-2)10-14(3)8-9-15/h4-5,11-13,15H,1-2,6-10H2,3H3. The molecular formula is C11H23N3O. The normalized spacial score (nSPS) is 10.9. The van der Waals surface area contributed by atoms with Crippen molar-refractivity contribution in [2.75, 3.05) is 39.8 Å². The lowest BCUT2D eigenvalue weighted by molar-refractivity contribution is 0.202. The van der Waals surface area contributed by atoms with E-state index in [0.717, 1.165) is 19.6 Å². The fourth-order valence-electron chi connectivity index (χ4n) is 1.23. The molecule has 0 atom stereocenters. The van der Waals surface area contributed by atoms with Crippen molar-refractivity contribution in [1.29, 1.82) is 0 Å². The highest BCUT2D eigenvalue weighted by Gasteiger charge is 2.08. The zero-order chi connectivity index (χ0) is 11.5. The minimum atomic E-state index is 0.187. The largest absolute Gasteiger partial charge is 0.395 e. The van der Waals surface area contributed by atoms with Crippen LogP contribution in [0.2, 0.25) is 0 Å². The Hall–Kier alpha value is -0.680. The first-order valence-electron chi connectivity index (χ1n) is 5.22. The third-order valence-electron chi connectivity index (χ3n) is 1.99. The van der Waals surface area contributed by atoms with Crippen molar-refractivity contribution in [1.82, 2.24) is 15.5 Å². The fraction of sp³-hybridized carbons (Fsp3) is 0.636. The van der Waals surface area contributed by atoms with Crippen LogP contribution in [0.5, 0.6) is 0 Å². The molecule has 0 saturated carbocycles. The minimum Gasteiger partial charge on any atom is -0.395 e. The Morgan fingerprint density at radius 1 is 1.27 bits per heavy atom. The van der Waals surface area contributed by atoms with E-state index in [-0.39, 0.29) is 12.8 Å². The summed E-state index contributed by atoms with van der Waals surface area (Å²) in [5, 5.41) is 15.4. The Bertz CT molecular complexity index is 161. The number of likely N-dealkylation sites (N-methyl/N-ethyl adjacent to an activating group) is 1. The van der Waals surface area contributed by atoms with Crippen LogP contribution in [0.1, 0.15) is 0 Å². The summed E-state index contributed by atoms with van der Waals surface area (Å²) in [4.78, 5) is 2.07. The average Bonchev–Trinajstić information content (AvgIpc) is 2.22. The number of aliphatic hydroxyl groups excluding tert-OH is 1. The smallest absolute Gasteiger partial charge is 0.0707 e. The predicted molar refractivity (Wildman–Crippen MR) is 64.8 cm³/mol. The van der Waals surface area contributed by atoms with Gasteiger partial charge in [0.1, 0.15) is 0 Å². The Morgan fingerprint density at radius 3 is 2.20 bits per heavy atom. The molecule has 15 heavy (non-hydrogen) atoms. The molecule has 0 rings (SSSR count). The highest BCUT2D eigenvalue weighted by Crippen LogP contribution is 1.86. The van der Waals surface area contributed by atoms with E-state index in [1.807, 2.05) is 19.2 Å². The second-order valence-electron chi connectivity index (χ2n) is 3.43. The summed E-state index contributed by atoms with van der Waals surface area (Å²) in [5.41, 5.74) is 0. The van der Waals surface area contributed by atoms with Gasteiger partial charge in [-0.3, -0.25) is 10.6 Å². The molecule has 4 nitrogen and oxygen atoms in total. The molecular weight excluding hydrogens is 190 g/mol. The van der Waals surface area contributed by atoms with Crippen LogP contribution in [0.4, 0.5) is 0 Å². The van der Waals surface area contributed by atoms with Gasteiger partial charge in [-0.2, -0.15) is 0 Å². The molecule has 0 heterocycles. The van der Waals surface area contributed by atoms with E-state index in [1.54, 1.807) is 0 Å². The first-order valence-corrected chi connectivity index (χ1v) is 5.22. The van der Waals surface area contributed by atoms with E-state index >= 15 is 0 Å². The topological polar surface area (TPSA) is 47.5 Å². The summed E-state index contributed by atoms with van der Waals surface area (Å²) in [5.74, 6) is 0. The number of hydrogen-bond donors (Lipinski definition) is 3. The Labute approximate surface area is 92.7 Å². The van der Waals surface area contributed by atoms with E-state index in [1.165, 1.54) is 0 Å². The third-order valence-corrected chi connectivity index (χ3v) is 1.99. The predicted octanol–water partition coefficient (Wildman–Crippen LogP) is -0.212. The fourth-order valence-corrected chi connectivity index (χ4v) is 1.23. The third kappa shape index (κ3) is 8.32. The first-order chi connectivity index (χ1) is 7.24. The maximum atomic E-state index is 8.79. The second-order valence-corrected chi connectivity index (χ2v) is 3.43. The molecule has 3 N–H and O–H groups in total. The van der Waals surface area contributed by atoms with Gasteiger partial charge in [0, 0.05) is 26.2 Å². The van der Waals surface area contributed by atoms with Crippen LogP contribution < -0.4 is 10.6 Å². The van der Waals surface area contributed by atoms with Crippen LogP contribution in [-0.2, 0) is 0 Å². The molecule has 0 unspecified atom stereocenters. The SMILES string of the molecule is C=CCNC(CN(C)CCO)NCC=C.